The van der Waals surface area contributed by atoms with Crippen molar-refractivity contribution in [2.24, 2.45) is 0 Å². The van der Waals surface area contributed by atoms with Gasteiger partial charge in [0.15, 0.2) is 9.84 Å². The third-order valence-corrected chi connectivity index (χ3v) is 7.66. The van der Waals surface area contributed by atoms with E-state index in [1.54, 1.807) is 6.07 Å². The summed E-state index contributed by atoms with van der Waals surface area (Å²) in [6.07, 6.45) is -1.64. The Labute approximate surface area is 172 Å². The van der Waals surface area contributed by atoms with E-state index in [2.05, 4.69) is 9.97 Å². The summed E-state index contributed by atoms with van der Waals surface area (Å²) in [5.41, 5.74) is 4.75. The van der Waals surface area contributed by atoms with Crippen LogP contribution in [0.5, 0.6) is 0 Å². The van der Waals surface area contributed by atoms with Gasteiger partial charge >= 0.3 is 6.18 Å². The van der Waals surface area contributed by atoms with E-state index in [1.165, 1.54) is 6.07 Å². The Balaban J connectivity index is 1.92. The van der Waals surface area contributed by atoms with Crippen molar-refractivity contribution in [2.45, 2.75) is 23.8 Å². The van der Waals surface area contributed by atoms with E-state index in [1.807, 2.05) is 4.90 Å². The number of pyridine rings is 2. The number of rotatable bonds is 4. The highest BCUT2D eigenvalue weighted by atomic mass is 32.2. The number of nitrogen functional groups attached to an aromatic ring is 1. The Bertz CT molecular complexity index is 1080. The largest absolute Gasteiger partial charge is 0.417 e. The Hall–Kier alpha value is -2.40. The molecular weight excluding hydrogens is 421 g/mol. The molecular formula is C19H21F3N4O3S. The number of halogens is 3. The van der Waals surface area contributed by atoms with E-state index in [0.717, 1.165) is 18.5 Å². The second kappa shape index (κ2) is 7.09. The Morgan fingerprint density at radius 1 is 1.17 bits per heavy atom. The molecule has 1 saturated carbocycles. The summed E-state index contributed by atoms with van der Waals surface area (Å²) in [5.74, 6) is 0.163. The summed E-state index contributed by atoms with van der Waals surface area (Å²) in [6, 6.07) is 3.86. The number of nitrogens with two attached hydrogens (primary N) is 1. The first-order chi connectivity index (χ1) is 14.0. The molecule has 3 heterocycles. The van der Waals surface area contributed by atoms with Crippen LogP contribution in [0.15, 0.2) is 24.4 Å². The molecule has 30 heavy (non-hydrogen) atoms. The van der Waals surface area contributed by atoms with E-state index in [-0.39, 0.29) is 17.1 Å². The molecule has 0 unspecified atom stereocenters. The lowest BCUT2D eigenvalue weighted by atomic mass is 10.0. The smallest absolute Gasteiger partial charge is 0.384 e. The Kier molecular flexibility index (Phi) is 4.93. The first kappa shape index (κ1) is 20.9. The zero-order valence-corrected chi connectivity index (χ0v) is 17.1. The van der Waals surface area contributed by atoms with E-state index in [9.17, 15) is 21.6 Å². The number of sulfone groups is 1. The van der Waals surface area contributed by atoms with Crippen molar-refractivity contribution < 1.29 is 26.3 Å². The van der Waals surface area contributed by atoms with Crippen molar-refractivity contribution in [1.82, 2.24) is 9.97 Å². The monoisotopic (exact) mass is 442 g/mol. The van der Waals surface area contributed by atoms with Gasteiger partial charge in [0.25, 0.3) is 0 Å². The van der Waals surface area contributed by atoms with E-state index >= 15 is 0 Å². The molecule has 0 aromatic carbocycles. The second-order valence-corrected chi connectivity index (χ2v) is 9.94. The molecule has 0 spiro atoms. The normalized spacial score (nSPS) is 19.0. The zero-order valence-electron chi connectivity index (χ0n) is 16.2. The zero-order chi connectivity index (χ0) is 21.7. The van der Waals surface area contributed by atoms with Crippen LogP contribution in [0.2, 0.25) is 0 Å². The summed E-state index contributed by atoms with van der Waals surface area (Å²) < 4.78 is 70.2. The molecule has 0 amide bonds. The number of nitrogens with zero attached hydrogens (tertiary/aromatic N) is 3. The molecule has 4 rings (SSSR count). The standard InChI is InChI=1S/C19H21F3N4O3S/c1-30(27,28)18(2-3-18)12-8-15(25-17(9-12)26-4-6-29-7-5-26)13-11-24-16(23)10-14(13)19(20,21)22/h8-11H,2-7H2,1H3,(H2,23,24). The van der Waals surface area contributed by atoms with E-state index in [4.69, 9.17) is 10.5 Å². The molecule has 2 N–H and O–H groups in total. The lowest BCUT2D eigenvalue weighted by Crippen LogP contribution is -2.37. The average Bonchev–Trinajstić information content (AvgIpc) is 3.50. The average molecular weight is 442 g/mol. The minimum atomic E-state index is -4.67. The number of anilines is 2. The van der Waals surface area contributed by atoms with Crippen LogP contribution in [0.1, 0.15) is 24.0 Å². The van der Waals surface area contributed by atoms with Crippen molar-refractivity contribution in [2.75, 3.05) is 43.2 Å². The molecule has 162 valence electrons. The summed E-state index contributed by atoms with van der Waals surface area (Å²) >= 11 is 0. The van der Waals surface area contributed by atoms with Gasteiger partial charge in [-0.25, -0.2) is 18.4 Å². The molecule has 1 aliphatic heterocycles. The Morgan fingerprint density at radius 3 is 2.40 bits per heavy atom. The molecule has 0 atom stereocenters. The van der Waals surface area contributed by atoms with Crippen LogP contribution in [0.4, 0.5) is 24.8 Å². The molecule has 2 aliphatic rings. The number of aromatic nitrogens is 2. The SMILES string of the molecule is CS(=O)(=O)C1(c2cc(-c3cnc(N)cc3C(F)(F)F)nc(N3CCOCC3)c2)CC1. The topological polar surface area (TPSA) is 98.4 Å². The maximum Gasteiger partial charge on any atom is 0.417 e. The number of morpholine rings is 1. The van der Waals surface area contributed by atoms with Gasteiger partial charge in [0.2, 0.25) is 0 Å². The van der Waals surface area contributed by atoms with Crippen molar-refractivity contribution in [3.05, 3.63) is 35.5 Å². The summed E-state index contributed by atoms with van der Waals surface area (Å²) in [4.78, 5) is 10.1. The van der Waals surface area contributed by atoms with Gasteiger partial charge in [-0.3, -0.25) is 0 Å². The lowest BCUT2D eigenvalue weighted by molar-refractivity contribution is -0.137. The van der Waals surface area contributed by atoms with Crippen LogP contribution < -0.4 is 10.6 Å². The van der Waals surface area contributed by atoms with E-state index in [0.29, 0.717) is 50.5 Å². The Morgan fingerprint density at radius 2 is 1.83 bits per heavy atom. The van der Waals surface area contributed by atoms with Crippen molar-refractivity contribution in [3.63, 3.8) is 0 Å². The highest BCUT2D eigenvalue weighted by Crippen LogP contribution is 2.53. The molecule has 2 aromatic rings. The van der Waals surface area contributed by atoms with E-state index < -0.39 is 26.3 Å². The highest BCUT2D eigenvalue weighted by molar-refractivity contribution is 7.92. The molecule has 2 fully saturated rings. The number of alkyl halides is 3. The first-order valence-corrected chi connectivity index (χ1v) is 11.3. The van der Waals surface area contributed by atoms with Gasteiger partial charge in [0.05, 0.1) is 29.2 Å². The van der Waals surface area contributed by atoms with Crippen molar-refractivity contribution in [3.8, 4) is 11.3 Å². The van der Waals surface area contributed by atoms with Crippen LogP contribution >= 0.6 is 0 Å². The molecule has 2 aromatic heterocycles. The quantitative estimate of drug-likeness (QED) is 0.777. The first-order valence-electron chi connectivity index (χ1n) is 9.39. The highest BCUT2D eigenvalue weighted by Gasteiger charge is 2.54. The predicted molar refractivity (Wildman–Crippen MR) is 106 cm³/mol. The fourth-order valence-corrected chi connectivity index (χ4v) is 5.16. The van der Waals surface area contributed by atoms with Crippen LogP contribution in [0.3, 0.4) is 0 Å². The number of hydrogen-bond acceptors (Lipinski definition) is 7. The maximum atomic E-state index is 13.7. The summed E-state index contributed by atoms with van der Waals surface area (Å²) in [5, 5.41) is 0. The second-order valence-electron chi connectivity index (χ2n) is 7.62. The maximum absolute atomic E-state index is 13.7. The van der Waals surface area contributed by atoms with Gasteiger partial charge in [-0.1, -0.05) is 0 Å². The summed E-state index contributed by atoms with van der Waals surface area (Å²) in [7, 11) is -3.46. The van der Waals surface area contributed by atoms with Gasteiger partial charge in [0, 0.05) is 31.1 Å². The minimum absolute atomic E-state index is 0.0174. The third-order valence-electron chi connectivity index (χ3n) is 5.59. The van der Waals surface area contributed by atoms with Gasteiger partial charge in [-0.05, 0) is 36.6 Å². The van der Waals surface area contributed by atoms with Crippen LogP contribution in [0, 0.1) is 0 Å². The molecule has 0 radical (unpaired) electrons. The van der Waals surface area contributed by atoms with Crippen molar-refractivity contribution in [1.29, 1.82) is 0 Å². The number of hydrogen-bond donors (Lipinski definition) is 1. The van der Waals surface area contributed by atoms with Gasteiger partial charge in [-0.15, -0.1) is 0 Å². The molecule has 1 saturated heterocycles. The fraction of sp³-hybridized carbons (Fsp3) is 0.474. The van der Waals surface area contributed by atoms with Gasteiger partial charge < -0.3 is 15.4 Å². The molecule has 1 aliphatic carbocycles. The lowest BCUT2D eigenvalue weighted by Gasteiger charge is -2.29. The minimum Gasteiger partial charge on any atom is -0.384 e. The molecule has 7 nitrogen and oxygen atoms in total. The predicted octanol–water partition coefficient (Wildman–Crippen LogP) is 2.61. The van der Waals surface area contributed by atoms with Crippen LogP contribution in [0.25, 0.3) is 11.3 Å². The van der Waals surface area contributed by atoms with Crippen molar-refractivity contribution >= 4 is 21.5 Å². The van der Waals surface area contributed by atoms with Crippen LogP contribution in [-0.4, -0.2) is 50.9 Å². The van der Waals surface area contributed by atoms with Gasteiger partial charge in [-0.2, -0.15) is 13.2 Å². The fourth-order valence-electron chi connectivity index (χ4n) is 3.77. The van der Waals surface area contributed by atoms with Crippen LogP contribution in [-0.2, 0) is 25.5 Å². The molecule has 0 bridgehead atoms. The summed E-state index contributed by atoms with van der Waals surface area (Å²) in [6.45, 7) is 1.92. The third kappa shape index (κ3) is 3.71. The molecule has 11 heteroatoms. The van der Waals surface area contributed by atoms with Gasteiger partial charge in [0.1, 0.15) is 11.6 Å². The number of ether oxygens (including phenoxy) is 1.